The third kappa shape index (κ3) is 4.06. The lowest BCUT2D eigenvalue weighted by Gasteiger charge is -2.25. The zero-order valence-corrected chi connectivity index (χ0v) is 11.8. The van der Waals surface area contributed by atoms with Crippen molar-refractivity contribution in [3.8, 4) is 0 Å². The largest absolute Gasteiger partial charge is 0.355 e. The average Bonchev–Trinajstić information content (AvgIpc) is 2.36. The Bertz CT molecular complexity index is 478. The van der Waals surface area contributed by atoms with Gasteiger partial charge in [-0.05, 0) is 23.6 Å². The first-order valence-electron chi connectivity index (χ1n) is 6.14. The quantitative estimate of drug-likeness (QED) is 0.769. The summed E-state index contributed by atoms with van der Waals surface area (Å²) in [7, 11) is 1.56. The van der Waals surface area contributed by atoms with Crippen LogP contribution in [0.4, 0.5) is 5.69 Å². The van der Waals surface area contributed by atoms with Gasteiger partial charge in [0.15, 0.2) is 0 Å². The van der Waals surface area contributed by atoms with Gasteiger partial charge in [-0.3, -0.25) is 9.59 Å². The third-order valence-electron chi connectivity index (χ3n) is 2.83. The molecule has 0 aliphatic heterocycles. The molecule has 1 atom stereocenters. The monoisotopic (exact) mass is 263 g/mol. The number of carbonyl (C=O) groups is 2. The highest BCUT2D eigenvalue weighted by atomic mass is 16.2. The van der Waals surface area contributed by atoms with E-state index in [0.717, 1.165) is 0 Å². The molecule has 1 aromatic rings. The van der Waals surface area contributed by atoms with Crippen LogP contribution in [0, 0.1) is 5.41 Å². The van der Waals surface area contributed by atoms with Crippen LogP contribution in [-0.4, -0.2) is 24.9 Å². The highest BCUT2D eigenvalue weighted by Gasteiger charge is 2.27. The molecule has 19 heavy (non-hydrogen) atoms. The maximum absolute atomic E-state index is 12.0. The molecule has 5 nitrogen and oxygen atoms in total. The van der Waals surface area contributed by atoms with Gasteiger partial charge in [-0.1, -0.05) is 26.8 Å². The van der Waals surface area contributed by atoms with Gasteiger partial charge < -0.3 is 16.4 Å². The summed E-state index contributed by atoms with van der Waals surface area (Å²) < 4.78 is 0. The number of rotatable bonds is 3. The van der Waals surface area contributed by atoms with Crippen molar-refractivity contribution in [1.29, 1.82) is 0 Å². The molecule has 0 heterocycles. The number of carbonyl (C=O) groups excluding carboxylic acids is 2. The van der Waals surface area contributed by atoms with Gasteiger partial charge in [-0.15, -0.1) is 0 Å². The molecule has 2 amide bonds. The van der Waals surface area contributed by atoms with Crippen molar-refractivity contribution in [1.82, 2.24) is 5.32 Å². The van der Waals surface area contributed by atoms with Crippen LogP contribution < -0.4 is 16.4 Å². The minimum atomic E-state index is -0.615. The van der Waals surface area contributed by atoms with E-state index in [4.69, 9.17) is 5.73 Å². The van der Waals surface area contributed by atoms with Gasteiger partial charge in [0, 0.05) is 18.3 Å². The van der Waals surface area contributed by atoms with Gasteiger partial charge in [0.05, 0.1) is 6.04 Å². The second kappa shape index (κ2) is 5.84. The van der Waals surface area contributed by atoms with Crippen molar-refractivity contribution in [2.75, 3.05) is 12.4 Å². The number of benzene rings is 1. The molecule has 1 aromatic carbocycles. The Morgan fingerprint density at radius 1 is 1.26 bits per heavy atom. The average molecular weight is 263 g/mol. The summed E-state index contributed by atoms with van der Waals surface area (Å²) in [6, 6.07) is 6.11. The lowest BCUT2D eigenvalue weighted by Crippen LogP contribution is -2.45. The van der Waals surface area contributed by atoms with Crippen LogP contribution in [0.25, 0.3) is 0 Å². The zero-order valence-electron chi connectivity index (χ0n) is 11.8. The van der Waals surface area contributed by atoms with Crippen LogP contribution in [0.1, 0.15) is 31.1 Å². The van der Waals surface area contributed by atoms with Crippen molar-refractivity contribution in [2.24, 2.45) is 11.1 Å². The maximum Gasteiger partial charge on any atom is 0.251 e. The number of nitrogens with one attached hydrogen (secondary N) is 2. The molecule has 1 rings (SSSR count). The van der Waals surface area contributed by atoms with Gasteiger partial charge in [0.2, 0.25) is 5.91 Å². The highest BCUT2D eigenvalue weighted by molar-refractivity contribution is 5.98. The molecular weight excluding hydrogens is 242 g/mol. The molecule has 0 saturated heterocycles. The summed E-state index contributed by atoms with van der Waals surface area (Å²) in [4.78, 5) is 23.5. The van der Waals surface area contributed by atoms with Crippen molar-refractivity contribution in [3.05, 3.63) is 29.8 Å². The van der Waals surface area contributed by atoms with Crippen LogP contribution in [-0.2, 0) is 4.79 Å². The molecule has 0 saturated carbocycles. The SMILES string of the molecule is CNC(=O)c1cccc(NC(=O)[C@@H](N)C(C)(C)C)c1. The molecule has 0 aromatic heterocycles. The number of hydrogen-bond acceptors (Lipinski definition) is 3. The summed E-state index contributed by atoms with van der Waals surface area (Å²) in [6.07, 6.45) is 0. The third-order valence-corrected chi connectivity index (χ3v) is 2.83. The Hall–Kier alpha value is -1.88. The molecular formula is C14H21N3O2. The van der Waals surface area contributed by atoms with Gasteiger partial charge in [0.25, 0.3) is 5.91 Å². The van der Waals surface area contributed by atoms with Crippen LogP contribution in [0.2, 0.25) is 0 Å². The van der Waals surface area contributed by atoms with Gasteiger partial charge >= 0.3 is 0 Å². The van der Waals surface area contributed by atoms with E-state index < -0.39 is 6.04 Å². The fourth-order valence-electron chi connectivity index (χ4n) is 1.50. The standard InChI is InChI=1S/C14H21N3O2/c1-14(2,3)11(15)13(19)17-10-7-5-6-9(8-10)12(18)16-4/h5-8,11H,15H2,1-4H3,(H,16,18)(H,17,19)/t11-/m1/s1. The fourth-order valence-corrected chi connectivity index (χ4v) is 1.50. The minimum Gasteiger partial charge on any atom is -0.355 e. The number of nitrogens with two attached hydrogens (primary N) is 1. The van der Waals surface area contributed by atoms with Crippen molar-refractivity contribution in [2.45, 2.75) is 26.8 Å². The fraction of sp³-hybridized carbons (Fsp3) is 0.429. The van der Waals surface area contributed by atoms with E-state index in [9.17, 15) is 9.59 Å². The molecule has 0 radical (unpaired) electrons. The Morgan fingerprint density at radius 2 is 1.89 bits per heavy atom. The van der Waals surface area contributed by atoms with E-state index in [1.807, 2.05) is 20.8 Å². The summed E-state index contributed by atoms with van der Waals surface area (Å²) >= 11 is 0. The Kier molecular flexibility index (Phi) is 4.67. The number of hydrogen-bond donors (Lipinski definition) is 3. The lowest BCUT2D eigenvalue weighted by atomic mass is 9.87. The Labute approximate surface area is 113 Å². The van der Waals surface area contributed by atoms with E-state index >= 15 is 0 Å². The predicted octanol–water partition coefficient (Wildman–Crippen LogP) is 1.36. The van der Waals surface area contributed by atoms with E-state index in [2.05, 4.69) is 10.6 Å². The second-order valence-corrected chi connectivity index (χ2v) is 5.49. The molecule has 5 heteroatoms. The van der Waals surface area contributed by atoms with Gasteiger partial charge in [-0.25, -0.2) is 0 Å². The van der Waals surface area contributed by atoms with E-state index in [1.165, 1.54) is 0 Å². The van der Waals surface area contributed by atoms with Crippen LogP contribution in [0.3, 0.4) is 0 Å². The summed E-state index contributed by atoms with van der Waals surface area (Å²) in [5.74, 6) is -0.460. The molecule has 4 N–H and O–H groups in total. The van der Waals surface area contributed by atoms with Gasteiger partial charge in [-0.2, -0.15) is 0 Å². The topological polar surface area (TPSA) is 84.2 Å². The molecule has 0 aliphatic carbocycles. The highest BCUT2D eigenvalue weighted by Crippen LogP contribution is 2.19. The zero-order chi connectivity index (χ0) is 14.6. The summed E-state index contributed by atoms with van der Waals surface area (Å²) in [5, 5.41) is 5.26. The normalized spacial score (nSPS) is 12.7. The maximum atomic E-state index is 12.0. The lowest BCUT2D eigenvalue weighted by molar-refractivity contribution is -0.119. The molecule has 0 fully saturated rings. The van der Waals surface area contributed by atoms with Gasteiger partial charge in [0.1, 0.15) is 0 Å². The molecule has 0 unspecified atom stereocenters. The first-order valence-corrected chi connectivity index (χ1v) is 6.14. The molecule has 0 bridgehead atoms. The van der Waals surface area contributed by atoms with E-state index in [0.29, 0.717) is 11.3 Å². The van der Waals surface area contributed by atoms with Crippen LogP contribution in [0.15, 0.2) is 24.3 Å². The predicted molar refractivity (Wildman–Crippen MR) is 75.9 cm³/mol. The number of anilines is 1. The van der Waals surface area contributed by atoms with Crippen molar-refractivity contribution < 1.29 is 9.59 Å². The van der Waals surface area contributed by atoms with E-state index in [1.54, 1.807) is 31.3 Å². The first-order chi connectivity index (χ1) is 8.75. The summed E-state index contributed by atoms with van der Waals surface area (Å²) in [6.45, 7) is 5.70. The Morgan fingerprint density at radius 3 is 2.42 bits per heavy atom. The van der Waals surface area contributed by atoms with Crippen molar-refractivity contribution >= 4 is 17.5 Å². The molecule has 104 valence electrons. The van der Waals surface area contributed by atoms with Crippen LogP contribution in [0.5, 0.6) is 0 Å². The smallest absolute Gasteiger partial charge is 0.251 e. The Balaban J connectivity index is 2.83. The molecule has 0 aliphatic rings. The number of amides is 2. The van der Waals surface area contributed by atoms with Crippen LogP contribution >= 0.6 is 0 Å². The molecule has 0 spiro atoms. The second-order valence-electron chi connectivity index (χ2n) is 5.49. The minimum absolute atomic E-state index is 0.198. The first kappa shape index (κ1) is 15.2. The van der Waals surface area contributed by atoms with E-state index in [-0.39, 0.29) is 17.2 Å². The summed E-state index contributed by atoms with van der Waals surface area (Å²) in [5.41, 5.74) is 6.61. The van der Waals surface area contributed by atoms with Crippen molar-refractivity contribution in [3.63, 3.8) is 0 Å².